The first-order chi connectivity index (χ1) is 13.1. The predicted molar refractivity (Wildman–Crippen MR) is 107 cm³/mol. The minimum Gasteiger partial charge on any atom is -0.490 e. The maximum absolute atomic E-state index is 11.8. The van der Waals surface area contributed by atoms with Gasteiger partial charge in [0.1, 0.15) is 24.5 Å². The van der Waals surface area contributed by atoms with Crippen molar-refractivity contribution in [3.8, 4) is 5.75 Å². The highest BCUT2D eigenvalue weighted by Crippen LogP contribution is 2.36. The number of anilines is 1. The molecule has 1 aromatic heterocycles. The van der Waals surface area contributed by atoms with E-state index in [1.165, 1.54) is 7.11 Å². The number of hydrogen-bond donors (Lipinski definition) is 3. The molecule has 0 fully saturated rings. The number of carboxylic acids is 1. The molecule has 0 radical (unpaired) electrons. The molecule has 152 valence electrons. The van der Waals surface area contributed by atoms with Crippen LogP contribution in [0.1, 0.15) is 42.4 Å². The van der Waals surface area contributed by atoms with E-state index in [4.69, 9.17) is 15.2 Å². The normalized spacial score (nSPS) is 11.5. The molecule has 2 rings (SSSR count). The molecule has 0 unspecified atom stereocenters. The summed E-state index contributed by atoms with van der Waals surface area (Å²) in [4.78, 5) is 27.8. The Morgan fingerprint density at radius 3 is 2.57 bits per heavy atom. The van der Waals surface area contributed by atoms with E-state index in [1.807, 2.05) is 32.9 Å². The van der Waals surface area contributed by atoms with Crippen molar-refractivity contribution in [2.45, 2.75) is 39.7 Å². The number of aromatic carboxylic acids is 1. The number of hydrogen-bond acceptors (Lipinski definition) is 6. The standard InChI is InChI=1S/C20H27N3O5/c1-6-12-7-8-13-16(17(21)15(19(25)26)11(2)22-13)18(12)28-10-20(3,4)23-14(24)9-27-5/h7-8H,6,9-10H2,1-5H3,(H2,21,22)(H,23,24)(H,25,26). The number of ether oxygens (including phenoxy) is 2. The molecule has 0 saturated carbocycles. The topological polar surface area (TPSA) is 124 Å². The number of carbonyl (C=O) groups is 2. The van der Waals surface area contributed by atoms with Crippen LogP contribution in [0.4, 0.5) is 5.69 Å². The predicted octanol–water partition coefficient (Wildman–Crippen LogP) is 2.31. The number of carbonyl (C=O) groups excluding carboxylic acids is 1. The number of aryl methyl sites for hydroxylation is 2. The molecule has 0 spiro atoms. The number of benzene rings is 1. The molecule has 4 N–H and O–H groups in total. The van der Waals surface area contributed by atoms with Crippen LogP contribution in [0, 0.1) is 6.92 Å². The van der Waals surface area contributed by atoms with Crippen molar-refractivity contribution >= 4 is 28.5 Å². The second-order valence-electron chi connectivity index (χ2n) is 7.25. The summed E-state index contributed by atoms with van der Waals surface area (Å²) in [6.45, 7) is 7.34. The number of rotatable bonds is 8. The van der Waals surface area contributed by atoms with Crippen molar-refractivity contribution in [2.24, 2.45) is 0 Å². The molecule has 0 aliphatic carbocycles. The Kier molecular flexibility index (Phi) is 6.45. The fourth-order valence-electron chi connectivity index (χ4n) is 3.07. The molecule has 0 aliphatic heterocycles. The van der Waals surface area contributed by atoms with Gasteiger partial charge in [-0.1, -0.05) is 13.0 Å². The van der Waals surface area contributed by atoms with Crippen LogP contribution in [0.5, 0.6) is 5.75 Å². The Balaban J connectivity index is 2.49. The molecular weight excluding hydrogens is 362 g/mol. The van der Waals surface area contributed by atoms with Crippen LogP contribution in [0.3, 0.4) is 0 Å². The number of aromatic nitrogens is 1. The van der Waals surface area contributed by atoms with Crippen LogP contribution in [-0.4, -0.2) is 47.8 Å². The largest absolute Gasteiger partial charge is 0.490 e. The molecule has 28 heavy (non-hydrogen) atoms. The van der Waals surface area contributed by atoms with E-state index in [0.717, 1.165) is 5.56 Å². The van der Waals surface area contributed by atoms with Gasteiger partial charge in [-0.05, 0) is 38.8 Å². The third kappa shape index (κ3) is 4.51. The maximum Gasteiger partial charge on any atom is 0.339 e. The zero-order valence-electron chi connectivity index (χ0n) is 16.9. The van der Waals surface area contributed by atoms with Gasteiger partial charge in [0.25, 0.3) is 0 Å². The van der Waals surface area contributed by atoms with E-state index >= 15 is 0 Å². The van der Waals surface area contributed by atoms with E-state index in [2.05, 4.69) is 10.3 Å². The summed E-state index contributed by atoms with van der Waals surface area (Å²) >= 11 is 0. The van der Waals surface area contributed by atoms with Gasteiger partial charge in [0, 0.05) is 7.11 Å². The van der Waals surface area contributed by atoms with Crippen molar-refractivity contribution in [1.29, 1.82) is 0 Å². The third-order valence-corrected chi connectivity index (χ3v) is 4.33. The Morgan fingerprint density at radius 2 is 2.00 bits per heavy atom. The maximum atomic E-state index is 11.8. The number of nitrogen functional groups attached to an aromatic ring is 1. The second-order valence-corrected chi connectivity index (χ2v) is 7.25. The van der Waals surface area contributed by atoms with Crippen molar-refractivity contribution in [2.75, 3.05) is 26.1 Å². The fourth-order valence-corrected chi connectivity index (χ4v) is 3.07. The Bertz CT molecular complexity index is 909. The van der Waals surface area contributed by atoms with E-state index < -0.39 is 11.5 Å². The number of nitrogens with one attached hydrogen (secondary N) is 1. The Hall–Kier alpha value is -2.87. The molecule has 0 bridgehead atoms. The summed E-state index contributed by atoms with van der Waals surface area (Å²) in [7, 11) is 1.45. The summed E-state index contributed by atoms with van der Waals surface area (Å²) in [5.41, 5.74) is 7.43. The average Bonchev–Trinajstić information content (AvgIpc) is 2.58. The molecule has 8 nitrogen and oxygen atoms in total. The number of fused-ring (bicyclic) bond motifs is 1. The third-order valence-electron chi connectivity index (χ3n) is 4.33. The lowest BCUT2D eigenvalue weighted by Gasteiger charge is -2.27. The SMILES string of the molecule is CCc1ccc2nc(C)c(C(=O)O)c(N)c2c1OCC(C)(C)NC(=O)COC. The van der Waals surface area contributed by atoms with Crippen molar-refractivity contribution in [1.82, 2.24) is 10.3 Å². The van der Waals surface area contributed by atoms with Crippen LogP contribution < -0.4 is 15.8 Å². The van der Waals surface area contributed by atoms with Crippen LogP contribution >= 0.6 is 0 Å². The van der Waals surface area contributed by atoms with Crippen molar-refractivity contribution < 1.29 is 24.2 Å². The molecule has 0 atom stereocenters. The first kappa shape index (κ1) is 21.4. The molecule has 1 aromatic carbocycles. The first-order valence-corrected chi connectivity index (χ1v) is 8.99. The molecular formula is C20H27N3O5. The number of amides is 1. The molecule has 2 aromatic rings. The van der Waals surface area contributed by atoms with Crippen molar-refractivity contribution in [3.63, 3.8) is 0 Å². The van der Waals surface area contributed by atoms with Gasteiger partial charge in [-0.15, -0.1) is 0 Å². The highest BCUT2D eigenvalue weighted by molar-refractivity contribution is 6.07. The minimum absolute atomic E-state index is 0.0294. The highest BCUT2D eigenvalue weighted by Gasteiger charge is 2.25. The van der Waals surface area contributed by atoms with Gasteiger partial charge < -0.3 is 25.6 Å². The average molecular weight is 389 g/mol. The van der Waals surface area contributed by atoms with E-state index in [0.29, 0.717) is 28.8 Å². The summed E-state index contributed by atoms with van der Waals surface area (Å²) in [6.07, 6.45) is 0.664. The minimum atomic E-state index is -1.13. The van der Waals surface area contributed by atoms with E-state index in [9.17, 15) is 14.7 Å². The zero-order chi connectivity index (χ0) is 21.1. The lowest BCUT2D eigenvalue weighted by molar-refractivity contribution is -0.126. The van der Waals surface area contributed by atoms with Gasteiger partial charge in [-0.3, -0.25) is 9.78 Å². The molecule has 1 amide bonds. The highest BCUT2D eigenvalue weighted by atomic mass is 16.5. The number of methoxy groups -OCH3 is 1. The molecule has 8 heteroatoms. The van der Waals surface area contributed by atoms with Gasteiger partial charge >= 0.3 is 5.97 Å². The molecule has 0 saturated heterocycles. The molecule has 0 aliphatic rings. The van der Waals surface area contributed by atoms with Crippen LogP contribution in [0.15, 0.2) is 12.1 Å². The first-order valence-electron chi connectivity index (χ1n) is 8.99. The lowest BCUT2D eigenvalue weighted by atomic mass is 10.0. The van der Waals surface area contributed by atoms with Gasteiger partial charge in [-0.2, -0.15) is 0 Å². The van der Waals surface area contributed by atoms with Gasteiger partial charge in [-0.25, -0.2) is 4.79 Å². The second kappa shape index (κ2) is 8.43. The molecule has 1 heterocycles. The zero-order valence-corrected chi connectivity index (χ0v) is 16.9. The monoisotopic (exact) mass is 389 g/mol. The van der Waals surface area contributed by atoms with Gasteiger partial charge in [0.05, 0.1) is 27.8 Å². The van der Waals surface area contributed by atoms with Crippen LogP contribution in [0.2, 0.25) is 0 Å². The van der Waals surface area contributed by atoms with E-state index in [-0.39, 0.29) is 30.4 Å². The number of nitrogens with zero attached hydrogens (tertiary/aromatic N) is 1. The Morgan fingerprint density at radius 1 is 1.32 bits per heavy atom. The Labute approximate surface area is 164 Å². The number of pyridine rings is 1. The number of carboxylic acid groups (broad SMARTS) is 1. The summed E-state index contributed by atoms with van der Waals surface area (Å²) in [5, 5.41) is 12.8. The van der Waals surface area contributed by atoms with Gasteiger partial charge in [0.15, 0.2) is 0 Å². The van der Waals surface area contributed by atoms with Crippen LogP contribution in [0.25, 0.3) is 10.9 Å². The van der Waals surface area contributed by atoms with E-state index in [1.54, 1.807) is 6.92 Å². The van der Waals surface area contributed by atoms with Gasteiger partial charge in [0.2, 0.25) is 5.91 Å². The quantitative estimate of drug-likeness (QED) is 0.633. The van der Waals surface area contributed by atoms with Crippen LogP contribution in [-0.2, 0) is 16.0 Å². The smallest absolute Gasteiger partial charge is 0.339 e. The summed E-state index contributed by atoms with van der Waals surface area (Å²) in [6, 6.07) is 3.70. The lowest BCUT2D eigenvalue weighted by Crippen LogP contribution is -2.49. The summed E-state index contributed by atoms with van der Waals surface area (Å²) < 4.78 is 10.9. The van der Waals surface area contributed by atoms with Crippen molar-refractivity contribution in [3.05, 3.63) is 29.0 Å². The fraction of sp³-hybridized carbons (Fsp3) is 0.450. The number of nitrogens with two attached hydrogens (primary N) is 1. The summed E-state index contributed by atoms with van der Waals surface area (Å²) in [5.74, 6) is -0.902.